The van der Waals surface area contributed by atoms with Gasteiger partial charge in [-0.1, -0.05) is 25.5 Å². The number of rotatable bonds is 11. The zero-order valence-electron chi connectivity index (χ0n) is 21.7. The van der Waals surface area contributed by atoms with Gasteiger partial charge >= 0.3 is 0 Å². The van der Waals surface area contributed by atoms with Crippen molar-refractivity contribution in [3.63, 3.8) is 0 Å². The summed E-state index contributed by atoms with van der Waals surface area (Å²) in [4.78, 5) is 30.3. The van der Waals surface area contributed by atoms with Crippen LogP contribution in [-0.2, 0) is 14.3 Å². The second-order valence-electron chi connectivity index (χ2n) is 9.17. The smallest absolute Gasteiger partial charge is 0.295 e. The number of unbranched alkanes of at least 4 members (excludes halogenated alkanes) is 1. The lowest BCUT2D eigenvalue weighted by molar-refractivity contribution is -0.140. The van der Waals surface area contributed by atoms with E-state index >= 15 is 0 Å². The number of likely N-dealkylation sites (tertiary alicyclic amines) is 1. The van der Waals surface area contributed by atoms with Gasteiger partial charge in [0.2, 0.25) is 0 Å². The Labute approximate surface area is 218 Å². The number of hydrogen-bond donors (Lipinski definition) is 1. The summed E-state index contributed by atoms with van der Waals surface area (Å²) in [6, 6.07) is 13.6. The maximum absolute atomic E-state index is 13.3. The van der Waals surface area contributed by atoms with Crippen LogP contribution in [-0.4, -0.2) is 79.2 Å². The number of benzene rings is 2. The minimum atomic E-state index is -0.697. The lowest BCUT2D eigenvalue weighted by Crippen LogP contribution is -2.42. The molecule has 198 valence electrons. The van der Waals surface area contributed by atoms with Crippen LogP contribution in [0.25, 0.3) is 5.76 Å². The molecule has 1 unspecified atom stereocenters. The van der Waals surface area contributed by atoms with Crippen molar-refractivity contribution in [1.82, 2.24) is 9.80 Å². The molecule has 1 atom stereocenters. The molecule has 2 aromatic rings. The van der Waals surface area contributed by atoms with Gasteiger partial charge in [-0.3, -0.25) is 14.5 Å². The van der Waals surface area contributed by atoms with E-state index in [1.807, 2.05) is 31.2 Å². The highest BCUT2D eigenvalue weighted by atomic mass is 16.5. The van der Waals surface area contributed by atoms with Gasteiger partial charge in [-0.15, -0.1) is 0 Å². The van der Waals surface area contributed by atoms with Crippen molar-refractivity contribution in [2.45, 2.75) is 32.7 Å². The van der Waals surface area contributed by atoms with E-state index in [4.69, 9.17) is 14.2 Å². The summed E-state index contributed by atoms with van der Waals surface area (Å²) in [5.74, 6) is -0.0756. The number of ketones is 1. The van der Waals surface area contributed by atoms with Gasteiger partial charge < -0.3 is 24.2 Å². The molecule has 0 bridgehead atoms. The van der Waals surface area contributed by atoms with Gasteiger partial charge in [0.15, 0.2) is 0 Å². The fourth-order valence-corrected chi connectivity index (χ4v) is 4.64. The number of amides is 1. The molecule has 2 fully saturated rings. The number of aliphatic hydroxyl groups excluding tert-OH is 1. The lowest BCUT2D eigenvalue weighted by Gasteiger charge is -2.31. The number of carbonyl (C=O) groups excluding carboxylic acids is 2. The average Bonchev–Trinajstić information content (AvgIpc) is 3.18. The third-order valence-corrected chi connectivity index (χ3v) is 6.70. The Balaban J connectivity index is 1.66. The largest absolute Gasteiger partial charge is 0.507 e. The van der Waals surface area contributed by atoms with Crippen LogP contribution >= 0.6 is 0 Å². The van der Waals surface area contributed by atoms with E-state index in [1.165, 1.54) is 0 Å². The third kappa shape index (κ3) is 6.32. The van der Waals surface area contributed by atoms with Crippen LogP contribution in [0.5, 0.6) is 11.5 Å². The van der Waals surface area contributed by atoms with Gasteiger partial charge in [0.05, 0.1) is 38.0 Å². The summed E-state index contributed by atoms with van der Waals surface area (Å²) in [7, 11) is 0. The maximum Gasteiger partial charge on any atom is 0.295 e. The van der Waals surface area contributed by atoms with Gasteiger partial charge in [0.25, 0.3) is 11.7 Å². The summed E-state index contributed by atoms with van der Waals surface area (Å²) < 4.78 is 16.7. The highest BCUT2D eigenvalue weighted by Gasteiger charge is 2.46. The predicted octanol–water partition coefficient (Wildman–Crippen LogP) is 4.02. The molecule has 2 aliphatic heterocycles. The molecule has 0 radical (unpaired) electrons. The van der Waals surface area contributed by atoms with Crippen molar-refractivity contribution < 1.29 is 28.9 Å². The van der Waals surface area contributed by atoms with Crippen molar-refractivity contribution in [3.8, 4) is 11.5 Å². The van der Waals surface area contributed by atoms with E-state index in [0.717, 1.165) is 37.2 Å². The molecule has 2 aromatic carbocycles. The van der Waals surface area contributed by atoms with E-state index in [-0.39, 0.29) is 11.3 Å². The summed E-state index contributed by atoms with van der Waals surface area (Å²) in [6.07, 6.45) is 2.01. The monoisotopic (exact) mass is 508 g/mol. The van der Waals surface area contributed by atoms with Crippen molar-refractivity contribution in [1.29, 1.82) is 0 Å². The van der Waals surface area contributed by atoms with Crippen LogP contribution in [0.4, 0.5) is 0 Å². The molecular weight excluding hydrogens is 472 g/mol. The highest BCUT2D eigenvalue weighted by Crippen LogP contribution is 2.40. The number of ether oxygens (including phenoxy) is 3. The van der Waals surface area contributed by atoms with Crippen LogP contribution in [0.2, 0.25) is 0 Å². The van der Waals surface area contributed by atoms with Crippen molar-refractivity contribution in [3.05, 3.63) is 65.2 Å². The lowest BCUT2D eigenvalue weighted by atomic mass is 9.95. The number of aliphatic hydroxyl groups is 1. The van der Waals surface area contributed by atoms with Crippen LogP contribution in [0, 0.1) is 0 Å². The van der Waals surface area contributed by atoms with E-state index in [2.05, 4.69) is 11.8 Å². The molecule has 0 aromatic heterocycles. The Hall–Kier alpha value is -3.36. The average molecular weight is 509 g/mol. The minimum absolute atomic E-state index is 0.0933. The van der Waals surface area contributed by atoms with Gasteiger partial charge in [0, 0.05) is 31.7 Å². The number of carbonyl (C=O) groups is 2. The first-order valence-corrected chi connectivity index (χ1v) is 13.1. The Morgan fingerprint density at radius 2 is 1.59 bits per heavy atom. The standard InChI is InChI=1S/C29H36N2O6/c1-3-5-18-37-24-10-6-21(7-11-24)26-25(27(32)22-8-12-23(13-9-22)36-4-2)28(33)29(34)31(26)15-14-30-16-19-35-20-17-30/h6-13,26,32H,3-5,14-20H2,1-2H3. The van der Waals surface area contributed by atoms with Crippen LogP contribution in [0.1, 0.15) is 43.9 Å². The van der Waals surface area contributed by atoms with Crippen molar-refractivity contribution in [2.75, 3.05) is 52.6 Å². The number of nitrogens with zero attached hydrogens (tertiary/aromatic N) is 2. The quantitative estimate of drug-likeness (QED) is 0.212. The molecular formula is C29H36N2O6. The van der Waals surface area contributed by atoms with Crippen LogP contribution in [0.15, 0.2) is 54.1 Å². The Bertz CT molecular complexity index is 1090. The molecule has 2 heterocycles. The molecule has 0 aliphatic carbocycles. The fourth-order valence-electron chi connectivity index (χ4n) is 4.64. The first kappa shape index (κ1) is 26.7. The molecule has 2 saturated heterocycles. The van der Waals surface area contributed by atoms with Crippen LogP contribution < -0.4 is 9.47 Å². The van der Waals surface area contributed by atoms with E-state index in [9.17, 15) is 14.7 Å². The topological polar surface area (TPSA) is 88.5 Å². The zero-order chi connectivity index (χ0) is 26.2. The molecule has 2 aliphatic rings. The Kier molecular flexibility index (Phi) is 9.19. The van der Waals surface area contributed by atoms with Crippen molar-refractivity contribution >= 4 is 17.4 Å². The minimum Gasteiger partial charge on any atom is -0.507 e. The first-order chi connectivity index (χ1) is 18.0. The molecule has 0 spiro atoms. The summed E-state index contributed by atoms with van der Waals surface area (Å²) in [5, 5.41) is 11.3. The number of morpholine rings is 1. The normalized spacial score (nSPS) is 19.8. The SMILES string of the molecule is CCCCOc1ccc(C2C(=C(O)c3ccc(OCC)cc3)C(=O)C(=O)N2CCN2CCOCC2)cc1. The highest BCUT2D eigenvalue weighted by molar-refractivity contribution is 6.46. The molecule has 1 amide bonds. The van der Waals surface area contributed by atoms with Gasteiger partial charge in [0.1, 0.15) is 17.3 Å². The zero-order valence-corrected chi connectivity index (χ0v) is 21.7. The molecule has 0 saturated carbocycles. The number of Topliss-reactive ketones (excluding diaryl/α,β-unsaturated/α-hetero) is 1. The third-order valence-electron chi connectivity index (χ3n) is 6.70. The summed E-state index contributed by atoms with van der Waals surface area (Å²) in [5.41, 5.74) is 1.30. The Morgan fingerprint density at radius 1 is 0.946 bits per heavy atom. The number of hydrogen-bond acceptors (Lipinski definition) is 7. The van der Waals surface area contributed by atoms with Crippen molar-refractivity contribution in [2.24, 2.45) is 0 Å². The fraction of sp³-hybridized carbons (Fsp3) is 0.448. The maximum atomic E-state index is 13.3. The molecule has 8 nitrogen and oxygen atoms in total. The van der Waals surface area contributed by atoms with Gasteiger partial charge in [-0.2, -0.15) is 0 Å². The summed E-state index contributed by atoms with van der Waals surface area (Å²) in [6.45, 7) is 9.01. The van der Waals surface area contributed by atoms with Gasteiger partial charge in [-0.25, -0.2) is 0 Å². The second-order valence-corrected chi connectivity index (χ2v) is 9.17. The van der Waals surface area contributed by atoms with E-state index in [1.54, 1.807) is 29.2 Å². The van der Waals surface area contributed by atoms with E-state index < -0.39 is 17.7 Å². The predicted molar refractivity (Wildman–Crippen MR) is 141 cm³/mol. The molecule has 1 N–H and O–H groups in total. The van der Waals surface area contributed by atoms with E-state index in [0.29, 0.717) is 50.8 Å². The first-order valence-electron chi connectivity index (χ1n) is 13.1. The molecule has 8 heteroatoms. The van der Waals surface area contributed by atoms with Crippen LogP contribution in [0.3, 0.4) is 0 Å². The summed E-state index contributed by atoms with van der Waals surface area (Å²) >= 11 is 0. The Morgan fingerprint density at radius 3 is 2.24 bits per heavy atom. The second kappa shape index (κ2) is 12.7. The molecule has 4 rings (SSSR count). The van der Waals surface area contributed by atoms with Gasteiger partial charge in [-0.05, 0) is 55.3 Å². The molecule has 37 heavy (non-hydrogen) atoms.